The summed E-state index contributed by atoms with van der Waals surface area (Å²) < 4.78 is 12.3. The molecule has 0 unspecified atom stereocenters. The van der Waals surface area contributed by atoms with Gasteiger partial charge in [-0.2, -0.15) is 0 Å². The fourth-order valence-corrected chi connectivity index (χ4v) is 3.94. The third kappa shape index (κ3) is 5.91. The van der Waals surface area contributed by atoms with Crippen LogP contribution in [0.4, 0.5) is 10.6 Å². The number of fused-ring (bicyclic) bond motifs is 1. The Morgan fingerprint density at radius 1 is 1.14 bits per heavy atom. The number of likely N-dealkylation sites (tertiary alicyclic amines) is 1. The van der Waals surface area contributed by atoms with Crippen LogP contribution in [-0.2, 0) is 9.47 Å². The maximum atomic E-state index is 12.4. The quantitative estimate of drug-likeness (QED) is 0.494. The number of esters is 1. The zero-order valence-corrected chi connectivity index (χ0v) is 21.0. The first-order valence-corrected chi connectivity index (χ1v) is 12.0. The van der Waals surface area contributed by atoms with E-state index < -0.39 is 17.2 Å². The van der Waals surface area contributed by atoms with Crippen LogP contribution in [0.1, 0.15) is 51.0 Å². The van der Waals surface area contributed by atoms with E-state index in [-0.39, 0.29) is 24.9 Å². The van der Waals surface area contributed by atoms with E-state index in [2.05, 4.69) is 15.3 Å². The lowest BCUT2D eigenvalue weighted by atomic mass is 9.91. The van der Waals surface area contributed by atoms with Gasteiger partial charge in [0, 0.05) is 50.0 Å². The summed E-state index contributed by atoms with van der Waals surface area (Å²) in [6.45, 7) is 8.40. The van der Waals surface area contributed by atoms with Gasteiger partial charge in [-0.1, -0.05) is 0 Å². The third-order valence-corrected chi connectivity index (χ3v) is 5.83. The van der Waals surface area contributed by atoms with Gasteiger partial charge in [0.15, 0.2) is 17.2 Å². The number of amides is 1. The number of piperidine rings is 1. The summed E-state index contributed by atoms with van der Waals surface area (Å²) >= 11 is 0. The zero-order chi connectivity index (χ0) is 25.9. The van der Waals surface area contributed by atoms with Gasteiger partial charge in [0.2, 0.25) is 0 Å². The number of nitrogens with zero attached hydrogens (tertiary/aromatic N) is 5. The Hall–Kier alpha value is -3.73. The van der Waals surface area contributed by atoms with Crippen molar-refractivity contribution in [2.75, 3.05) is 31.6 Å². The molecule has 0 atom stereocenters. The Labute approximate surface area is 209 Å². The standard InChI is InChI=1S/C25H32N6O5/c1-5-35-22(32)19-15-31-14-18(17-6-10-26-11-7-17)28-20(21(31)29-19)27-16-25(34)8-12-30(13-9-25)23(33)36-24(2,3)4/h6-7,10-11,14-15,34H,5,8-9,12-13,16H2,1-4H3,(H,27,28). The molecule has 192 valence electrons. The molecule has 36 heavy (non-hydrogen) atoms. The van der Waals surface area contributed by atoms with E-state index in [1.54, 1.807) is 41.0 Å². The summed E-state index contributed by atoms with van der Waals surface area (Å²) in [5.74, 6) is -0.103. The molecule has 0 bridgehead atoms. The lowest BCUT2D eigenvalue weighted by Crippen LogP contribution is -2.50. The average Bonchev–Trinajstić information content (AvgIpc) is 3.27. The van der Waals surface area contributed by atoms with Crippen molar-refractivity contribution in [1.29, 1.82) is 0 Å². The molecule has 0 radical (unpaired) electrons. The monoisotopic (exact) mass is 496 g/mol. The minimum atomic E-state index is -1.06. The lowest BCUT2D eigenvalue weighted by molar-refractivity contribution is -0.0245. The molecule has 1 aliphatic rings. The molecule has 1 fully saturated rings. The predicted molar refractivity (Wildman–Crippen MR) is 133 cm³/mol. The molecule has 0 aliphatic carbocycles. The SMILES string of the molecule is CCOC(=O)c1cn2cc(-c3ccncc3)nc(NCC3(O)CCN(C(=O)OC(C)(C)C)CC3)c2n1. The van der Waals surface area contributed by atoms with Crippen LogP contribution in [0, 0.1) is 0 Å². The summed E-state index contributed by atoms with van der Waals surface area (Å²) in [6, 6.07) is 3.67. The second kappa shape index (κ2) is 10.1. The number of aromatic nitrogens is 4. The van der Waals surface area contributed by atoms with Gasteiger partial charge in [-0.25, -0.2) is 19.6 Å². The summed E-state index contributed by atoms with van der Waals surface area (Å²) in [7, 11) is 0. The van der Waals surface area contributed by atoms with E-state index in [4.69, 9.17) is 14.5 Å². The van der Waals surface area contributed by atoms with Crippen LogP contribution in [-0.4, -0.2) is 78.9 Å². The number of ether oxygens (including phenoxy) is 2. The average molecular weight is 497 g/mol. The first-order valence-electron chi connectivity index (χ1n) is 12.0. The Balaban J connectivity index is 1.54. The number of rotatable bonds is 6. The molecule has 1 amide bonds. The maximum Gasteiger partial charge on any atom is 0.410 e. The van der Waals surface area contributed by atoms with E-state index >= 15 is 0 Å². The highest BCUT2D eigenvalue weighted by atomic mass is 16.6. The van der Waals surface area contributed by atoms with Crippen LogP contribution in [0.15, 0.2) is 36.9 Å². The number of hydrogen-bond acceptors (Lipinski definition) is 9. The molecule has 4 rings (SSSR count). The summed E-state index contributed by atoms with van der Waals surface area (Å²) in [4.78, 5) is 39.5. The van der Waals surface area contributed by atoms with Crippen molar-refractivity contribution in [3.63, 3.8) is 0 Å². The van der Waals surface area contributed by atoms with Gasteiger partial charge in [0.1, 0.15) is 5.60 Å². The molecule has 11 heteroatoms. The second-order valence-electron chi connectivity index (χ2n) is 9.83. The highest BCUT2D eigenvalue weighted by molar-refractivity contribution is 5.89. The summed E-state index contributed by atoms with van der Waals surface area (Å²) in [5.41, 5.74) is 0.456. The van der Waals surface area contributed by atoms with Crippen molar-refractivity contribution < 1.29 is 24.2 Å². The van der Waals surface area contributed by atoms with Gasteiger partial charge in [-0.3, -0.25) is 4.98 Å². The molecule has 0 spiro atoms. The molecule has 2 N–H and O–H groups in total. The summed E-state index contributed by atoms with van der Waals surface area (Å²) in [5, 5.41) is 14.4. The highest BCUT2D eigenvalue weighted by Crippen LogP contribution is 2.27. The van der Waals surface area contributed by atoms with E-state index in [0.29, 0.717) is 43.1 Å². The van der Waals surface area contributed by atoms with E-state index in [0.717, 1.165) is 5.56 Å². The van der Waals surface area contributed by atoms with Gasteiger partial charge >= 0.3 is 12.1 Å². The number of imidazole rings is 1. The van der Waals surface area contributed by atoms with Crippen LogP contribution in [0.2, 0.25) is 0 Å². The van der Waals surface area contributed by atoms with Crippen molar-refractivity contribution in [3.05, 3.63) is 42.6 Å². The molecule has 11 nitrogen and oxygen atoms in total. The van der Waals surface area contributed by atoms with E-state index in [1.807, 2.05) is 32.9 Å². The normalized spacial score (nSPS) is 15.5. The Morgan fingerprint density at radius 2 is 1.83 bits per heavy atom. The summed E-state index contributed by atoms with van der Waals surface area (Å²) in [6.07, 6.45) is 7.10. The van der Waals surface area contributed by atoms with Crippen LogP contribution in [0.25, 0.3) is 16.9 Å². The van der Waals surface area contributed by atoms with Crippen LogP contribution in [0.5, 0.6) is 0 Å². The van der Waals surface area contributed by atoms with Crippen molar-refractivity contribution in [2.45, 2.75) is 51.7 Å². The van der Waals surface area contributed by atoms with Gasteiger partial charge in [-0.05, 0) is 52.7 Å². The molecule has 0 aromatic carbocycles. The molecule has 1 aliphatic heterocycles. The number of anilines is 1. The molecular formula is C25H32N6O5. The Bertz CT molecular complexity index is 1230. The van der Waals surface area contributed by atoms with Crippen molar-refractivity contribution >= 4 is 23.5 Å². The van der Waals surface area contributed by atoms with Gasteiger partial charge in [-0.15, -0.1) is 0 Å². The lowest BCUT2D eigenvalue weighted by Gasteiger charge is -2.38. The van der Waals surface area contributed by atoms with Gasteiger partial charge in [0.05, 0.1) is 17.9 Å². The Morgan fingerprint density at radius 3 is 2.47 bits per heavy atom. The number of carbonyl (C=O) groups is 2. The molecule has 4 heterocycles. The zero-order valence-electron chi connectivity index (χ0n) is 21.0. The molecule has 1 saturated heterocycles. The number of carbonyl (C=O) groups excluding carboxylic acids is 2. The van der Waals surface area contributed by atoms with Crippen LogP contribution in [0.3, 0.4) is 0 Å². The first kappa shape index (κ1) is 25.4. The van der Waals surface area contributed by atoms with E-state index in [9.17, 15) is 14.7 Å². The number of aliphatic hydroxyl groups is 1. The van der Waals surface area contributed by atoms with Crippen LogP contribution >= 0.6 is 0 Å². The fourth-order valence-electron chi connectivity index (χ4n) is 3.94. The second-order valence-corrected chi connectivity index (χ2v) is 9.83. The minimum absolute atomic E-state index is 0.165. The number of nitrogens with one attached hydrogen (secondary N) is 1. The van der Waals surface area contributed by atoms with Crippen LogP contribution < -0.4 is 5.32 Å². The maximum absolute atomic E-state index is 12.4. The smallest absolute Gasteiger partial charge is 0.410 e. The molecule has 0 saturated carbocycles. The third-order valence-electron chi connectivity index (χ3n) is 5.83. The van der Waals surface area contributed by atoms with E-state index in [1.165, 1.54) is 0 Å². The largest absolute Gasteiger partial charge is 0.461 e. The topological polar surface area (TPSA) is 131 Å². The number of pyridine rings is 1. The van der Waals surface area contributed by atoms with Crippen molar-refractivity contribution in [2.24, 2.45) is 0 Å². The van der Waals surface area contributed by atoms with Crippen molar-refractivity contribution in [3.8, 4) is 11.3 Å². The molecule has 3 aromatic heterocycles. The van der Waals surface area contributed by atoms with Gasteiger partial charge in [0.25, 0.3) is 0 Å². The molecule has 3 aromatic rings. The van der Waals surface area contributed by atoms with Crippen molar-refractivity contribution in [1.82, 2.24) is 24.3 Å². The molecular weight excluding hydrogens is 464 g/mol. The first-order chi connectivity index (χ1) is 17.1. The Kier molecular flexibility index (Phi) is 7.11. The fraction of sp³-hybridized carbons (Fsp3) is 0.480. The predicted octanol–water partition coefficient (Wildman–Crippen LogP) is 3.14. The highest BCUT2D eigenvalue weighted by Gasteiger charge is 2.35. The minimum Gasteiger partial charge on any atom is -0.461 e. The number of hydrogen-bond donors (Lipinski definition) is 2. The van der Waals surface area contributed by atoms with Gasteiger partial charge < -0.3 is 29.2 Å².